The Balaban J connectivity index is 2.39. The van der Waals surface area contributed by atoms with Gasteiger partial charge in [0.2, 0.25) is 0 Å². The van der Waals surface area contributed by atoms with E-state index in [1.165, 1.54) is 18.2 Å². The fraction of sp³-hybridized carbons (Fsp3) is 0.250. The van der Waals surface area contributed by atoms with Gasteiger partial charge in [0.1, 0.15) is 11.6 Å². The van der Waals surface area contributed by atoms with Crippen LogP contribution in [0.25, 0.3) is 0 Å². The molecule has 1 unspecified atom stereocenters. The maximum atomic E-state index is 13.2. The summed E-state index contributed by atoms with van der Waals surface area (Å²) >= 11 is 0. The van der Waals surface area contributed by atoms with Crippen LogP contribution >= 0.6 is 0 Å². The van der Waals surface area contributed by atoms with Crippen LogP contribution in [0.1, 0.15) is 36.5 Å². The van der Waals surface area contributed by atoms with E-state index in [4.69, 9.17) is 0 Å². The van der Waals surface area contributed by atoms with E-state index in [0.29, 0.717) is 0 Å². The average molecular weight is 246 g/mol. The molecule has 0 heterocycles. The van der Waals surface area contributed by atoms with Gasteiger partial charge in [-0.05, 0) is 47.4 Å². The lowest BCUT2D eigenvalue weighted by molar-refractivity contribution is 0.623. The van der Waals surface area contributed by atoms with Crippen molar-refractivity contribution in [1.29, 1.82) is 0 Å². The lowest BCUT2D eigenvalue weighted by Crippen LogP contribution is -2.01. The zero-order chi connectivity index (χ0) is 13.1. The first-order chi connectivity index (χ1) is 8.61. The fourth-order valence-corrected chi connectivity index (χ4v) is 2.23. The van der Waals surface area contributed by atoms with Gasteiger partial charge in [-0.1, -0.05) is 32.0 Å². The second-order valence-corrected chi connectivity index (χ2v) is 4.47. The van der Waals surface area contributed by atoms with Gasteiger partial charge in [0.05, 0.1) is 0 Å². The number of hydrogen-bond acceptors (Lipinski definition) is 0. The largest absolute Gasteiger partial charge is 0.207 e. The Bertz CT molecular complexity index is 529. The molecule has 1 atom stereocenters. The Hall–Kier alpha value is -1.70. The minimum Gasteiger partial charge on any atom is -0.207 e. The maximum Gasteiger partial charge on any atom is 0.123 e. The van der Waals surface area contributed by atoms with Gasteiger partial charge in [-0.2, -0.15) is 0 Å². The molecule has 0 N–H and O–H groups in total. The molecule has 2 aromatic carbocycles. The van der Waals surface area contributed by atoms with Crippen LogP contribution in [0.15, 0.2) is 42.5 Å². The molecule has 18 heavy (non-hydrogen) atoms. The van der Waals surface area contributed by atoms with Crippen LogP contribution in [0, 0.1) is 11.6 Å². The van der Waals surface area contributed by atoms with Crippen LogP contribution in [0.2, 0.25) is 0 Å². The molecule has 0 aromatic heterocycles. The predicted molar refractivity (Wildman–Crippen MR) is 69.7 cm³/mol. The van der Waals surface area contributed by atoms with Gasteiger partial charge in [-0.15, -0.1) is 0 Å². The third-order valence-electron chi connectivity index (χ3n) is 3.32. The van der Waals surface area contributed by atoms with E-state index >= 15 is 0 Å². The highest BCUT2D eigenvalue weighted by Gasteiger charge is 2.12. The van der Waals surface area contributed by atoms with E-state index in [-0.39, 0.29) is 17.6 Å². The van der Waals surface area contributed by atoms with Crippen molar-refractivity contribution < 1.29 is 8.78 Å². The minimum absolute atomic E-state index is 0.140. The highest BCUT2D eigenvalue weighted by molar-refractivity contribution is 5.37. The van der Waals surface area contributed by atoms with Gasteiger partial charge < -0.3 is 0 Å². The van der Waals surface area contributed by atoms with E-state index in [2.05, 4.69) is 6.92 Å². The molecule has 0 aliphatic carbocycles. The monoisotopic (exact) mass is 246 g/mol. The Morgan fingerprint density at radius 1 is 0.944 bits per heavy atom. The van der Waals surface area contributed by atoms with E-state index in [9.17, 15) is 8.78 Å². The van der Waals surface area contributed by atoms with Crippen molar-refractivity contribution in [1.82, 2.24) is 0 Å². The number of benzene rings is 2. The van der Waals surface area contributed by atoms with Crippen molar-refractivity contribution in [3.05, 3.63) is 70.8 Å². The van der Waals surface area contributed by atoms with Crippen molar-refractivity contribution in [3.8, 4) is 0 Å². The molecule has 0 saturated carbocycles. The second kappa shape index (κ2) is 5.30. The summed E-state index contributed by atoms with van der Waals surface area (Å²) in [5.41, 5.74) is 3.15. The summed E-state index contributed by atoms with van der Waals surface area (Å²) in [4.78, 5) is 0. The lowest BCUT2D eigenvalue weighted by Gasteiger charge is -2.16. The second-order valence-electron chi connectivity index (χ2n) is 4.47. The zero-order valence-electron chi connectivity index (χ0n) is 10.6. The quantitative estimate of drug-likeness (QED) is 0.737. The minimum atomic E-state index is -0.235. The van der Waals surface area contributed by atoms with Crippen LogP contribution in [0.5, 0.6) is 0 Å². The van der Waals surface area contributed by atoms with E-state index in [1.807, 2.05) is 13.0 Å². The SMILES string of the molecule is CCc1cc(F)ccc1C(C)c1ccc(F)cc1. The van der Waals surface area contributed by atoms with Crippen molar-refractivity contribution in [2.45, 2.75) is 26.2 Å². The molecule has 2 aromatic rings. The van der Waals surface area contributed by atoms with Gasteiger partial charge in [0.25, 0.3) is 0 Å². The summed E-state index contributed by atoms with van der Waals surface area (Å²) in [6.07, 6.45) is 0.790. The Kier molecular flexibility index (Phi) is 3.75. The van der Waals surface area contributed by atoms with E-state index < -0.39 is 0 Å². The molecule has 0 fully saturated rings. The normalized spacial score (nSPS) is 12.4. The summed E-state index contributed by atoms with van der Waals surface area (Å²) < 4.78 is 26.1. The first-order valence-corrected chi connectivity index (χ1v) is 6.15. The van der Waals surface area contributed by atoms with Gasteiger partial charge in [-0.3, -0.25) is 0 Å². The molecule has 0 nitrogen and oxygen atoms in total. The molecule has 0 amide bonds. The number of hydrogen-bond donors (Lipinski definition) is 0. The molecular formula is C16H16F2. The van der Waals surface area contributed by atoms with Gasteiger partial charge in [0.15, 0.2) is 0 Å². The van der Waals surface area contributed by atoms with Gasteiger partial charge in [-0.25, -0.2) is 8.78 Å². The van der Waals surface area contributed by atoms with E-state index in [0.717, 1.165) is 23.1 Å². The smallest absolute Gasteiger partial charge is 0.123 e. The lowest BCUT2D eigenvalue weighted by atomic mass is 9.89. The van der Waals surface area contributed by atoms with E-state index in [1.54, 1.807) is 18.2 Å². The van der Waals surface area contributed by atoms with Crippen LogP contribution < -0.4 is 0 Å². The van der Waals surface area contributed by atoms with Crippen LogP contribution in [-0.2, 0) is 6.42 Å². The first-order valence-electron chi connectivity index (χ1n) is 6.15. The van der Waals surface area contributed by atoms with Crippen LogP contribution in [0.3, 0.4) is 0 Å². The maximum absolute atomic E-state index is 13.2. The Labute approximate surface area is 106 Å². The summed E-state index contributed by atoms with van der Waals surface area (Å²) in [7, 11) is 0. The standard InChI is InChI=1S/C16H16F2/c1-3-12-10-15(18)8-9-16(12)11(2)13-4-6-14(17)7-5-13/h4-11H,3H2,1-2H3. The highest BCUT2D eigenvalue weighted by Crippen LogP contribution is 2.28. The Morgan fingerprint density at radius 2 is 1.56 bits per heavy atom. The number of halogens is 2. The molecule has 0 radical (unpaired) electrons. The summed E-state index contributed by atoms with van der Waals surface area (Å²) in [5.74, 6) is -0.302. The van der Waals surface area contributed by atoms with Crippen molar-refractivity contribution >= 4 is 0 Å². The molecule has 2 rings (SSSR count). The third-order valence-corrected chi connectivity index (χ3v) is 3.32. The van der Waals surface area contributed by atoms with Crippen molar-refractivity contribution in [3.63, 3.8) is 0 Å². The highest BCUT2D eigenvalue weighted by atomic mass is 19.1. The molecule has 0 aliphatic heterocycles. The summed E-state index contributed by atoms with van der Waals surface area (Å²) in [6, 6.07) is 11.4. The molecule has 2 heteroatoms. The van der Waals surface area contributed by atoms with Crippen LogP contribution in [-0.4, -0.2) is 0 Å². The summed E-state index contributed by atoms with van der Waals surface area (Å²) in [6.45, 7) is 4.06. The molecule has 0 spiro atoms. The van der Waals surface area contributed by atoms with Gasteiger partial charge >= 0.3 is 0 Å². The van der Waals surface area contributed by atoms with Crippen LogP contribution in [0.4, 0.5) is 8.78 Å². The summed E-state index contributed by atoms with van der Waals surface area (Å²) in [5, 5.41) is 0. The molecule has 94 valence electrons. The third kappa shape index (κ3) is 2.58. The van der Waals surface area contributed by atoms with Gasteiger partial charge in [0, 0.05) is 5.92 Å². The fourth-order valence-electron chi connectivity index (χ4n) is 2.23. The van der Waals surface area contributed by atoms with Crippen molar-refractivity contribution in [2.24, 2.45) is 0 Å². The molecule has 0 saturated heterocycles. The zero-order valence-corrected chi connectivity index (χ0v) is 10.6. The predicted octanol–water partition coefficient (Wildman–Crippen LogP) is 4.68. The first kappa shape index (κ1) is 12.7. The number of aryl methyl sites for hydroxylation is 1. The Morgan fingerprint density at radius 3 is 2.17 bits per heavy atom. The topological polar surface area (TPSA) is 0 Å². The average Bonchev–Trinajstić information content (AvgIpc) is 2.38. The molecule has 0 aliphatic rings. The number of rotatable bonds is 3. The molecular weight excluding hydrogens is 230 g/mol. The molecule has 0 bridgehead atoms. The van der Waals surface area contributed by atoms with Crippen molar-refractivity contribution in [2.75, 3.05) is 0 Å².